The molecule has 61 heavy (non-hydrogen) atoms. The number of furan rings is 1. The molecule has 11 rings (SSSR count). The number of aromatic nitrogens is 5. The van der Waals surface area contributed by atoms with E-state index in [1.807, 2.05) is 72.8 Å². The Labute approximate surface area is 353 Å². The maximum atomic E-state index is 10.9. The number of hydrogen-bond donors (Lipinski definition) is 0. The molecule has 11 aromatic rings. The van der Waals surface area contributed by atoms with Gasteiger partial charge in [0.2, 0.25) is 5.95 Å². The second-order valence-electron chi connectivity index (χ2n) is 18.1. The van der Waals surface area contributed by atoms with E-state index < -0.39 is 0 Å². The molecule has 7 aromatic carbocycles. The lowest BCUT2D eigenvalue weighted by molar-refractivity contribution is 0.590. The maximum Gasteiger partial charge on any atom is 0.238 e. The fourth-order valence-electron chi connectivity index (χ4n) is 8.94. The summed E-state index contributed by atoms with van der Waals surface area (Å²) in [6.45, 7) is 13.5. The van der Waals surface area contributed by atoms with Crippen LogP contribution in [0.25, 0.3) is 100.0 Å². The molecule has 0 atom stereocenters. The molecule has 0 aliphatic rings. The van der Waals surface area contributed by atoms with Gasteiger partial charge in [-0.15, -0.1) is 0 Å². The van der Waals surface area contributed by atoms with Gasteiger partial charge in [-0.05, 0) is 88.7 Å². The molecule has 0 radical (unpaired) electrons. The van der Waals surface area contributed by atoms with Crippen LogP contribution in [0.3, 0.4) is 0 Å². The Bertz CT molecular complexity index is 3550. The van der Waals surface area contributed by atoms with Crippen LogP contribution in [-0.4, -0.2) is 24.1 Å². The van der Waals surface area contributed by atoms with Gasteiger partial charge < -0.3 is 8.98 Å². The largest absolute Gasteiger partial charge is 0.455 e. The summed E-state index contributed by atoms with van der Waals surface area (Å²) < 4.78 is 10.9. The van der Waals surface area contributed by atoms with E-state index >= 15 is 0 Å². The topological polar surface area (TPSA) is 85.5 Å². The molecule has 294 valence electrons. The molecule has 0 aliphatic carbocycles. The second kappa shape index (κ2) is 13.2. The minimum atomic E-state index is -0.0332. The minimum Gasteiger partial charge on any atom is -0.455 e. The Morgan fingerprint density at radius 2 is 1.08 bits per heavy atom. The third-order valence-electron chi connectivity index (χ3n) is 12.1. The number of benzene rings is 7. The van der Waals surface area contributed by atoms with Gasteiger partial charge in [0.15, 0.2) is 11.6 Å². The first kappa shape index (κ1) is 36.5. The highest BCUT2D eigenvalue weighted by Gasteiger charge is 2.24. The number of rotatable bonds is 4. The first-order valence-electron chi connectivity index (χ1n) is 20.8. The predicted octanol–water partition coefficient (Wildman–Crippen LogP) is 13.8. The van der Waals surface area contributed by atoms with E-state index in [9.17, 15) is 5.26 Å². The van der Waals surface area contributed by atoms with E-state index in [1.54, 1.807) is 0 Å². The van der Waals surface area contributed by atoms with E-state index in [-0.39, 0.29) is 10.8 Å². The number of nitrogens with zero attached hydrogens (tertiary/aromatic N) is 6. The molecule has 0 bridgehead atoms. The lowest BCUT2D eigenvalue weighted by Gasteiger charge is -2.19. The van der Waals surface area contributed by atoms with Crippen LogP contribution in [0, 0.1) is 11.3 Å². The molecule has 4 aromatic heterocycles. The van der Waals surface area contributed by atoms with E-state index in [1.165, 1.54) is 11.1 Å². The summed E-state index contributed by atoms with van der Waals surface area (Å²) in [5.74, 6) is 1.54. The number of hydrogen-bond acceptors (Lipinski definition) is 5. The van der Waals surface area contributed by atoms with Crippen molar-refractivity contribution in [2.75, 3.05) is 0 Å². The van der Waals surface area contributed by atoms with Crippen molar-refractivity contribution in [3.8, 4) is 40.5 Å². The normalized spacial score (nSPS) is 12.4. The van der Waals surface area contributed by atoms with Crippen molar-refractivity contribution in [3.05, 3.63) is 162 Å². The van der Waals surface area contributed by atoms with Crippen molar-refractivity contribution in [3.63, 3.8) is 0 Å². The lowest BCUT2D eigenvalue weighted by Crippen LogP contribution is -2.10. The van der Waals surface area contributed by atoms with Gasteiger partial charge in [-0.2, -0.15) is 15.2 Å². The van der Waals surface area contributed by atoms with Crippen molar-refractivity contribution in [2.24, 2.45) is 0 Å². The first-order chi connectivity index (χ1) is 29.5. The van der Waals surface area contributed by atoms with Crippen molar-refractivity contribution in [2.45, 2.75) is 52.4 Å². The molecule has 0 N–H and O–H groups in total. The van der Waals surface area contributed by atoms with Crippen LogP contribution < -0.4 is 0 Å². The van der Waals surface area contributed by atoms with Crippen molar-refractivity contribution in [1.82, 2.24) is 24.1 Å². The third-order valence-corrected chi connectivity index (χ3v) is 12.1. The zero-order valence-electron chi connectivity index (χ0n) is 34.9. The van der Waals surface area contributed by atoms with Gasteiger partial charge in [-0.3, -0.25) is 4.57 Å². The molecule has 0 saturated carbocycles. The standard InChI is InChI=1S/C54H42N6O/c1-53(2,3)35-21-25-44-40(29-35)41-30-36(54(4,5)6)22-26-45(41)60(44)52-57-50(32-14-8-7-9-15-32)56-51(58-52)33-20-24-42(34(28-33)31-55)59-43-18-12-10-17-39(43)48-46(59)27-23-38-37-16-11-13-19-47(37)61-49(38)48/h7-30H,1-6H3. The van der Waals surface area contributed by atoms with Gasteiger partial charge in [0.05, 0.1) is 38.7 Å². The van der Waals surface area contributed by atoms with Crippen LogP contribution >= 0.6 is 0 Å². The number of nitriles is 1. The minimum absolute atomic E-state index is 0.0332. The van der Waals surface area contributed by atoms with Crippen molar-refractivity contribution in [1.29, 1.82) is 5.26 Å². The summed E-state index contributed by atoms with van der Waals surface area (Å²) in [5.41, 5.74) is 11.0. The number of para-hydroxylation sites is 2. The van der Waals surface area contributed by atoms with Gasteiger partial charge in [0, 0.05) is 38.1 Å². The van der Waals surface area contributed by atoms with Crippen LogP contribution in [0.2, 0.25) is 0 Å². The molecular formula is C54H42N6O. The van der Waals surface area contributed by atoms with E-state index in [2.05, 4.69) is 130 Å². The molecule has 7 heteroatoms. The quantitative estimate of drug-likeness (QED) is 0.177. The third kappa shape index (κ3) is 5.74. The fraction of sp³-hybridized carbons (Fsp3) is 0.148. The van der Waals surface area contributed by atoms with E-state index in [4.69, 9.17) is 19.4 Å². The highest BCUT2D eigenvalue weighted by Crippen LogP contribution is 2.42. The Morgan fingerprint density at radius 1 is 0.492 bits per heavy atom. The molecule has 0 aliphatic heterocycles. The van der Waals surface area contributed by atoms with E-state index in [0.717, 1.165) is 76.8 Å². The molecule has 4 heterocycles. The average Bonchev–Trinajstić information content (AvgIpc) is 3.93. The van der Waals surface area contributed by atoms with Crippen LogP contribution in [0.5, 0.6) is 0 Å². The summed E-state index contributed by atoms with van der Waals surface area (Å²) in [6, 6.07) is 52.7. The first-order valence-corrected chi connectivity index (χ1v) is 20.8. The molecule has 0 fully saturated rings. The second-order valence-corrected chi connectivity index (χ2v) is 18.1. The fourth-order valence-corrected chi connectivity index (χ4v) is 8.94. The van der Waals surface area contributed by atoms with Gasteiger partial charge in [-0.1, -0.05) is 120 Å². The molecule has 0 spiro atoms. The Balaban J connectivity index is 1.13. The average molecular weight is 791 g/mol. The van der Waals surface area contributed by atoms with Gasteiger partial charge in [0.1, 0.15) is 17.2 Å². The Kier molecular flexibility index (Phi) is 7.92. The maximum absolute atomic E-state index is 10.9. The van der Waals surface area contributed by atoms with Crippen LogP contribution in [0.1, 0.15) is 58.2 Å². The molecule has 0 unspecified atom stereocenters. The van der Waals surface area contributed by atoms with Crippen LogP contribution in [-0.2, 0) is 10.8 Å². The lowest BCUT2D eigenvalue weighted by atomic mass is 9.85. The molecule has 0 saturated heterocycles. The highest BCUT2D eigenvalue weighted by molar-refractivity contribution is 6.24. The Morgan fingerprint density at radius 3 is 1.75 bits per heavy atom. The smallest absolute Gasteiger partial charge is 0.238 e. The van der Waals surface area contributed by atoms with Crippen LogP contribution in [0.4, 0.5) is 0 Å². The molecule has 0 amide bonds. The summed E-state index contributed by atoms with van der Waals surface area (Å²) in [6.07, 6.45) is 0. The SMILES string of the molecule is CC(C)(C)c1ccc2c(c1)c1cc(C(C)(C)C)ccc1n2-c1nc(-c2ccccc2)nc(-c2ccc(-n3c4ccccc4c4c5oc6ccccc6c5ccc43)c(C#N)c2)n1. The van der Waals surface area contributed by atoms with E-state index in [0.29, 0.717) is 28.7 Å². The zero-order chi connectivity index (χ0) is 41.8. The zero-order valence-corrected chi connectivity index (χ0v) is 34.9. The predicted molar refractivity (Wildman–Crippen MR) is 249 cm³/mol. The summed E-state index contributed by atoms with van der Waals surface area (Å²) >= 11 is 0. The van der Waals surface area contributed by atoms with Gasteiger partial charge >= 0.3 is 0 Å². The van der Waals surface area contributed by atoms with Crippen molar-refractivity contribution >= 4 is 65.6 Å². The number of fused-ring (bicyclic) bond motifs is 10. The summed E-state index contributed by atoms with van der Waals surface area (Å²) in [7, 11) is 0. The van der Waals surface area contributed by atoms with Crippen LogP contribution in [0.15, 0.2) is 150 Å². The molecular weight excluding hydrogens is 749 g/mol. The Hall–Kier alpha value is -7.56. The van der Waals surface area contributed by atoms with Gasteiger partial charge in [0.25, 0.3) is 0 Å². The highest BCUT2D eigenvalue weighted by atomic mass is 16.3. The van der Waals surface area contributed by atoms with Crippen molar-refractivity contribution < 1.29 is 4.42 Å². The van der Waals surface area contributed by atoms with Gasteiger partial charge in [-0.25, -0.2) is 4.98 Å². The molecule has 7 nitrogen and oxygen atoms in total. The summed E-state index contributed by atoms with van der Waals surface area (Å²) in [4.78, 5) is 15.5. The summed E-state index contributed by atoms with van der Waals surface area (Å²) in [5, 5.41) is 17.4. The monoisotopic (exact) mass is 790 g/mol.